The third-order valence-electron chi connectivity index (χ3n) is 2.67. The summed E-state index contributed by atoms with van der Waals surface area (Å²) in [4.78, 5) is 15.6. The SMILES string of the molecule is CC(C)N(C(C)C)C(C)CC(=O)N(C)C. The summed E-state index contributed by atoms with van der Waals surface area (Å²) < 4.78 is 0. The highest BCUT2D eigenvalue weighted by Crippen LogP contribution is 2.13. The van der Waals surface area contributed by atoms with Crippen molar-refractivity contribution in [1.82, 2.24) is 9.80 Å². The Morgan fingerprint density at radius 2 is 1.40 bits per heavy atom. The van der Waals surface area contributed by atoms with Crippen molar-refractivity contribution in [2.24, 2.45) is 0 Å². The Kier molecular flexibility index (Phi) is 5.88. The van der Waals surface area contributed by atoms with E-state index in [1.54, 1.807) is 4.90 Å². The summed E-state index contributed by atoms with van der Waals surface area (Å²) in [6, 6.07) is 1.27. The Labute approximate surface area is 94.4 Å². The molecular formula is C12H26N2O. The molecule has 1 unspecified atom stereocenters. The first kappa shape index (κ1) is 14.4. The highest BCUT2D eigenvalue weighted by molar-refractivity contribution is 5.76. The molecule has 1 amide bonds. The molecule has 0 fully saturated rings. The van der Waals surface area contributed by atoms with Crippen molar-refractivity contribution < 1.29 is 4.79 Å². The van der Waals surface area contributed by atoms with Gasteiger partial charge in [0.05, 0.1) is 0 Å². The number of amides is 1. The molecule has 0 heterocycles. The number of hydrogen-bond donors (Lipinski definition) is 0. The first-order valence-corrected chi connectivity index (χ1v) is 5.75. The number of carbonyl (C=O) groups excluding carboxylic acids is 1. The van der Waals surface area contributed by atoms with E-state index in [4.69, 9.17) is 0 Å². The van der Waals surface area contributed by atoms with E-state index in [9.17, 15) is 4.79 Å². The lowest BCUT2D eigenvalue weighted by Gasteiger charge is -2.36. The number of nitrogens with zero attached hydrogens (tertiary/aromatic N) is 2. The van der Waals surface area contributed by atoms with E-state index >= 15 is 0 Å². The average Bonchev–Trinajstić information content (AvgIpc) is 2.01. The minimum Gasteiger partial charge on any atom is -0.349 e. The second-order valence-electron chi connectivity index (χ2n) is 4.98. The molecule has 3 nitrogen and oxygen atoms in total. The van der Waals surface area contributed by atoms with Crippen LogP contribution in [-0.2, 0) is 4.79 Å². The summed E-state index contributed by atoms with van der Waals surface area (Å²) in [5.74, 6) is 0.203. The lowest BCUT2D eigenvalue weighted by Crippen LogP contribution is -2.45. The van der Waals surface area contributed by atoms with Crippen LogP contribution in [0.1, 0.15) is 41.0 Å². The predicted molar refractivity (Wildman–Crippen MR) is 64.9 cm³/mol. The molecule has 0 aromatic carbocycles. The van der Waals surface area contributed by atoms with Crippen molar-refractivity contribution >= 4 is 5.91 Å². The summed E-state index contributed by atoms with van der Waals surface area (Å²) in [5, 5.41) is 0. The van der Waals surface area contributed by atoms with Gasteiger partial charge in [0.2, 0.25) is 5.91 Å². The van der Waals surface area contributed by atoms with Gasteiger partial charge in [0, 0.05) is 38.6 Å². The Balaban J connectivity index is 4.39. The molecule has 1 atom stereocenters. The van der Waals surface area contributed by atoms with Gasteiger partial charge in [-0.15, -0.1) is 0 Å². The fraction of sp³-hybridized carbons (Fsp3) is 0.917. The van der Waals surface area contributed by atoms with E-state index in [1.165, 1.54) is 0 Å². The highest BCUT2D eigenvalue weighted by atomic mass is 16.2. The largest absolute Gasteiger partial charge is 0.349 e. The molecule has 0 aliphatic heterocycles. The average molecular weight is 214 g/mol. The van der Waals surface area contributed by atoms with Crippen molar-refractivity contribution in [2.45, 2.75) is 59.2 Å². The molecule has 0 aromatic heterocycles. The van der Waals surface area contributed by atoms with Crippen LogP contribution in [0, 0.1) is 0 Å². The standard InChI is InChI=1S/C12H26N2O/c1-9(2)14(10(3)4)11(5)8-12(15)13(6)7/h9-11H,8H2,1-7H3. The number of rotatable bonds is 5. The molecule has 0 rings (SSSR count). The second kappa shape index (κ2) is 6.11. The van der Waals surface area contributed by atoms with Crippen LogP contribution in [0.4, 0.5) is 0 Å². The minimum absolute atomic E-state index is 0.203. The highest BCUT2D eigenvalue weighted by Gasteiger charge is 2.22. The van der Waals surface area contributed by atoms with Crippen LogP contribution in [0.15, 0.2) is 0 Å². The van der Waals surface area contributed by atoms with Crippen molar-refractivity contribution in [3.05, 3.63) is 0 Å². The van der Waals surface area contributed by atoms with Gasteiger partial charge >= 0.3 is 0 Å². The summed E-state index contributed by atoms with van der Waals surface area (Å²) >= 11 is 0. The Morgan fingerprint density at radius 1 is 1.00 bits per heavy atom. The van der Waals surface area contributed by atoms with Gasteiger partial charge in [0.15, 0.2) is 0 Å². The Hall–Kier alpha value is -0.570. The van der Waals surface area contributed by atoms with E-state index in [1.807, 2.05) is 14.1 Å². The van der Waals surface area contributed by atoms with Gasteiger partial charge in [-0.05, 0) is 34.6 Å². The molecule has 0 aliphatic rings. The molecule has 0 radical (unpaired) electrons. The van der Waals surface area contributed by atoms with E-state index < -0.39 is 0 Å². The smallest absolute Gasteiger partial charge is 0.223 e. The van der Waals surface area contributed by atoms with Crippen LogP contribution in [0.2, 0.25) is 0 Å². The zero-order valence-electron chi connectivity index (χ0n) is 11.2. The molecule has 0 aliphatic carbocycles. The third-order valence-corrected chi connectivity index (χ3v) is 2.67. The Bertz CT molecular complexity index is 192. The normalized spacial score (nSPS) is 13.7. The quantitative estimate of drug-likeness (QED) is 0.698. The molecule has 0 bridgehead atoms. The summed E-state index contributed by atoms with van der Waals surface area (Å²) in [6.07, 6.45) is 0.601. The zero-order valence-corrected chi connectivity index (χ0v) is 11.2. The molecule has 0 N–H and O–H groups in total. The maximum Gasteiger partial charge on any atom is 0.223 e. The van der Waals surface area contributed by atoms with Gasteiger partial charge in [-0.3, -0.25) is 9.69 Å². The topological polar surface area (TPSA) is 23.6 Å². The van der Waals surface area contributed by atoms with E-state index in [-0.39, 0.29) is 5.91 Å². The second-order valence-corrected chi connectivity index (χ2v) is 4.98. The van der Waals surface area contributed by atoms with Crippen molar-refractivity contribution in [3.8, 4) is 0 Å². The fourth-order valence-corrected chi connectivity index (χ4v) is 2.15. The Morgan fingerprint density at radius 3 is 1.67 bits per heavy atom. The van der Waals surface area contributed by atoms with Crippen LogP contribution in [0.3, 0.4) is 0 Å². The van der Waals surface area contributed by atoms with Gasteiger partial charge in [-0.1, -0.05) is 0 Å². The van der Waals surface area contributed by atoms with Gasteiger partial charge in [0.1, 0.15) is 0 Å². The van der Waals surface area contributed by atoms with E-state index in [0.717, 1.165) is 0 Å². The molecule has 0 saturated heterocycles. The van der Waals surface area contributed by atoms with Gasteiger partial charge in [0.25, 0.3) is 0 Å². The van der Waals surface area contributed by atoms with Crippen LogP contribution >= 0.6 is 0 Å². The monoisotopic (exact) mass is 214 g/mol. The van der Waals surface area contributed by atoms with Crippen molar-refractivity contribution in [1.29, 1.82) is 0 Å². The van der Waals surface area contributed by atoms with Crippen LogP contribution in [0.5, 0.6) is 0 Å². The fourth-order valence-electron chi connectivity index (χ4n) is 2.15. The van der Waals surface area contributed by atoms with Gasteiger partial charge in [-0.2, -0.15) is 0 Å². The molecule has 0 aromatic rings. The maximum atomic E-state index is 11.6. The van der Waals surface area contributed by atoms with E-state index in [0.29, 0.717) is 24.5 Å². The summed E-state index contributed by atoms with van der Waals surface area (Å²) in [7, 11) is 3.62. The zero-order chi connectivity index (χ0) is 12.2. The molecule has 15 heavy (non-hydrogen) atoms. The molecule has 3 heteroatoms. The predicted octanol–water partition coefficient (Wildman–Crippen LogP) is 1.97. The number of hydrogen-bond acceptors (Lipinski definition) is 2. The van der Waals surface area contributed by atoms with Gasteiger partial charge in [-0.25, -0.2) is 0 Å². The van der Waals surface area contributed by atoms with Crippen LogP contribution < -0.4 is 0 Å². The lowest BCUT2D eigenvalue weighted by atomic mass is 10.1. The first-order chi connectivity index (χ1) is 6.77. The first-order valence-electron chi connectivity index (χ1n) is 5.75. The lowest BCUT2D eigenvalue weighted by molar-refractivity contribution is -0.130. The molecule has 0 spiro atoms. The molecule has 0 saturated carbocycles. The van der Waals surface area contributed by atoms with Crippen LogP contribution in [0.25, 0.3) is 0 Å². The summed E-state index contributed by atoms with van der Waals surface area (Å²) in [6.45, 7) is 10.8. The van der Waals surface area contributed by atoms with E-state index in [2.05, 4.69) is 39.5 Å². The van der Waals surface area contributed by atoms with Gasteiger partial charge < -0.3 is 4.90 Å². The van der Waals surface area contributed by atoms with Crippen molar-refractivity contribution in [2.75, 3.05) is 14.1 Å². The van der Waals surface area contributed by atoms with Crippen LogP contribution in [-0.4, -0.2) is 47.9 Å². The van der Waals surface area contributed by atoms with Crippen molar-refractivity contribution in [3.63, 3.8) is 0 Å². The summed E-state index contributed by atoms with van der Waals surface area (Å²) in [5.41, 5.74) is 0. The molecular weight excluding hydrogens is 188 g/mol. The minimum atomic E-state index is 0.203. The maximum absolute atomic E-state index is 11.6. The number of carbonyl (C=O) groups is 1. The molecule has 90 valence electrons. The third kappa shape index (κ3) is 4.65.